The second-order valence-corrected chi connectivity index (χ2v) is 4.17. The van der Waals surface area contributed by atoms with Crippen molar-refractivity contribution >= 4 is 29.1 Å². The first-order valence-corrected chi connectivity index (χ1v) is 5.31. The van der Waals surface area contributed by atoms with Crippen molar-refractivity contribution in [3.8, 4) is 0 Å². The lowest BCUT2D eigenvalue weighted by Gasteiger charge is -2.15. The standard InChI is InChI=1S/C9H6ClFOS/c10-9-6-3-13-4-8(12)5(6)1-2-7(9)11/h1-2H,3-4H2. The van der Waals surface area contributed by atoms with Gasteiger partial charge in [0.2, 0.25) is 0 Å². The Balaban J connectivity index is 2.63. The maximum absolute atomic E-state index is 13.0. The molecule has 1 aliphatic rings. The topological polar surface area (TPSA) is 17.1 Å². The molecule has 0 bridgehead atoms. The van der Waals surface area contributed by atoms with Crippen LogP contribution in [0.5, 0.6) is 0 Å². The Morgan fingerprint density at radius 2 is 2.15 bits per heavy atom. The van der Waals surface area contributed by atoms with Crippen molar-refractivity contribution in [1.29, 1.82) is 0 Å². The average Bonchev–Trinajstić information content (AvgIpc) is 2.12. The Morgan fingerprint density at radius 3 is 2.92 bits per heavy atom. The van der Waals surface area contributed by atoms with Gasteiger partial charge < -0.3 is 0 Å². The van der Waals surface area contributed by atoms with Gasteiger partial charge in [-0.3, -0.25) is 4.79 Å². The molecule has 0 fully saturated rings. The molecule has 0 amide bonds. The van der Waals surface area contributed by atoms with Crippen LogP contribution in [0, 0.1) is 5.82 Å². The van der Waals surface area contributed by atoms with E-state index in [-0.39, 0.29) is 10.8 Å². The molecule has 0 aliphatic carbocycles. The lowest BCUT2D eigenvalue weighted by Crippen LogP contribution is -2.12. The minimum atomic E-state index is -0.448. The minimum Gasteiger partial charge on any atom is -0.293 e. The van der Waals surface area contributed by atoms with Gasteiger partial charge in [0.1, 0.15) is 5.82 Å². The highest BCUT2D eigenvalue weighted by molar-refractivity contribution is 7.99. The number of ketones is 1. The largest absolute Gasteiger partial charge is 0.293 e. The molecule has 0 aromatic heterocycles. The van der Waals surface area contributed by atoms with E-state index in [1.54, 1.807) is 0 Å². The van der Waals surface area contributed by atoms with E-state index in [9.17, 15) is 9.18 Å². The summed E-state index contributed by atoms with van der Waals surface area (Å²) < 4.78 is 13.0. The molecule has 13 heavy (non-hydrogen) atoms. The van der Waals surface area contributed by atoms with E-state index in [2.05, 4.69) is 0 Å². The molecular weight excluding hydrogens is 211 g/mol. The number of hydrogen-bond donors (Lipinski definition) is 0. The summed E-state index contributed by atoms with van der Waals surface area (Å²) >= 11 is 7.20. The maximum Gasteiger partial charge on any atom is 0.173 e. The summed E-state index contributed by atoms with van der Waals surface area (Å²) in [6.45, 7) is 0. The molecule has 2 rings (SSSR count). The highest BCUT2D eigenvalue weighted by atomic mass is 35.5. The second kappa shape index (κ2) is 3.31. The van der Waals surface area contributed by atoms with Gasteiger partial charge in [-0.1, -0.05) is 11.6 Å². The van der Waals surface area contributed by atoms with Gasteiger partial charge in [-0.05, 0) is 17.7 Å². The predicted octanol–water partition coefficient (Wildman–Crippen LogP) is 2.91. The second-order valence-electron chi connectivity index (χ2n) is 2.80. The monoisotopic (exact) mass is 216 g/mol. The van der Waals surface area contributed by atoms with Gasteiger partial charge in [0.15, 0.2) is 5.78 Å². The molecule has 0 N–H and O–H groups in total. The van der Waals surface area contributed by atoms with Gasteiger partial charge in [0, 0.05) is 11.3 Å². The third-order valence-corrected chi connectivity index (χ3v) is 3.34. The highest BCUT2D eigenvalue weighted by Gasteiger charge is 2.21. The zero-order chi connectivity index (χ0) is 9.42. The quantitative estimate of drug-likeness (QED) is 0.663. The average molecular weight is 217 g/mol. The first kappa shape index (κ1) is 9.03. The van der Waals surface area contributed by atoms with E-state index in [0.717, 1.165) is 0 Å². The molecule has 1 heterocycles. The van der Waals surface area contributed by atoms with Gasteiger partial charge >= 0.3 is 0 Å². The zero-order valence-electron chi connectivity index (χ0n) is 6.64. The van der Waals surface area contributed by atoms with Crippen molar-refractivity contribution in [2.75, 3.05) is 5.75 Å². The van der Waals surface area contributed by atoms with Crippen molar-refractivity contribution in [3.05, 3.63) is 34.1 Å². The number of fused-ring (bicyclic) bond motifs is 1. The molecule has 0 unspecified atom stereocenters. The number of hydrogen-bond acceptors (Lipinski definition) is 2. The highest BCUT2D eigenvalue weighted by Crippen LogP contribution is 2.31. The lowest BCUT2D eigenvalue weighted by molar-refractivity contribution is 0.102. The van der Waals surface area contributed by atoms with Crippen LogP contribution >= 0.6 is 23.4 Å². The molecule has 1 aliphatic heterocycles. The fourth-order valence-corrected chi connectivity index (χ4v) is 2.58. The molecule has 0 saturated heterocycles. The van der Waals surface area contributed by atoms with Crippen LogP contribution < -0.4 is 0 Å². The molecule has 0 atom stereocenters. The Bertz CT molecular complexity index is 378. The van der Waals surface area contributed by atoms with E-state index in [1.807, 2.05) is 0 Å². The van der Waals surface area contributed by atoms with Gasteiger partial charge in [0.25, 0.3) is 0 Å². The van der Waals surface area contributed by atoms with Gasteiger partial charge in [0.05, 0.1) is 10.8 Å². The van der Waals surface area contributed by atoms with Crippen molar-refractivity contribution in [1.82, 2.24) is 0 Å². The summed E-state index contributed by atoms with van der Waals surface area (Å²) in [6.07, 6.45) is 0. The smallest absolute Gasteiger partial charge is 0.173 e. The van der Waals surface area contributed by atoms with Crippen molar-refractivity contribution < 1.29 is 9.18 Å². The van der Waals surface area contributed by atoms with Crippen molar-refractivity contribution in [2.24, 2.45) is 0 Å². The van der Waals surface area contributed by atoms with E-state index in [1.165, 1.54) is 23.9 Å². The predicted molar refractivity (Wildman–Crippen MR) is 51.9 cm³/mol. The van der Waals surface area contributed by atoms with E-state index in [4.69, 9.17) is 11.6 Å². The molecule has 68 valence electrons. The summed E-state index contributed by atoms with van der Waals surface area (Å²) in [4.78, 5) is 11.3. The molecule has 1 aromatic rings. The number of carbonyl (C=O) groups is 1. The van der Waals surface area contributed by atoms with Crippen molar-refractivity contribution in [3.63, 3.8) is 0 Å². The summed E-state index contributed by atoms with van der Waals surface area (Å²) in [6, 6.07) is 2.76. The fourth-order valence-electron chi connectivity index (χ4n) is 1.32. The summed E-state index contributed by atoms with van der Waals surface area (Å²) in [5, 5.41) is 0.0954. The van der Waals surface area contributed by atoms with E-state index >= 15 is 0 Å². The van der Waals surface area contributed by atoms with Gasteiger partial charge in [-0.2, -0.15) is 0 Å². The summed E-state index contributed by atoms with van der Waals surface area (Å²) in [5.74, 6) is 0.677. The Morgan fingerprint density at radius 1 is 1.38 bits per heavy atom. The number of halogens is 2. The molecule has 1 aromatic carbocycles. The maximum atomic E-state index is 13.0. The lowest BCUT2D eigenvalue weighted by atomic mass is 10.1. The van der Waals surface area contributed by atoms with Crippen LogP contribution in [0.4, 0.5) is 4.39 Å². The third-order valence-electron chi connectivity index (χ3n) is 1.98. The van der Waals surface area contributed by atoms with Crippen molar-refractivity contribution in [2.45, 2.75) is 5.75 Å². The fraction of sp³-hybridized carbons (Fsp3) is 0.222. The summed E-state index contributed by atoms with van der Waals surface area (Å²) in [7, 11) is 0. The first-order valence-electron chi connectivity index (χ1n) is 3.78. The van der Waals surface area contributed by atoms with Crippen LogP contribution in [0.15, 0.2) is 12.1 Å². The Hall–Kier alpha value is -0.540. The number of carbonyl (C=O) groups excluding carboxylic acids is 1. The van der Waals surface area contributed by atoms with E-state index in [0.29, 0.717) is 22.6 Å². The molecule has 0 spiro atoms. The zero-order valence-corrected chi connectivity index (χ0v) is 8.21. The van der Waals surface area contributed by atoms with Crippen LogP contribution in [0.25, 0.3) is 0 Å². The van der Waals surface area contributed by atoms with Crippen LogP contribution in [0.2, 0.25) is 5.02 Å². The molecule has 4 heteroatoms. The molecule has 0 saturated carbocycles. The molecule has 0 radical (unpaired) electrons. The number of rotatable bonds is 0. The number of thioether (sulfide) groups is 1. The van der Waals surface area contributed by atoms with Crippen LogP contribution in [0.1, 0.15) is 15.9 Å². The number of Topliss-reactive ketones (excluding diaryl/α,β-unsaturated/α-hetero) is 1. The SMILES string of the molecule is O=C1CSCc2c1ccc(F)c2Cl. The Kier molecular flexibility index (Phi) is 2.30. The van der Waals surface area contributed by atoms with Crippen LogP contribution in [0.3, 0.4) is 0 Å². The van der Waals surface area contributed by atoms with Gasteiger partial charge in [-0.25, -0.2) is 4.39 Å². The van der Waals surface area contributed by atoms with E-state index < -0.39 is 5.82 Å². The molecular formula is C9H6ClFOS. The molecule has 1 nitrogen and oxygen atoms in total. The third kappa shape index (κ3) is 1.46. The first-order chi connectivity index (χ1) is 6.20. The minimum absolute atomic E-state index is 0.0353. The van der Waals surface area contributed by atoms with Crippen LogP contribution in [-0.2, 0) is 5.75 Å². The normalized spacial score (nSPS) is 15.7. The Labute approximate surface area is 84.3 Å². The number of benzene rings is 1. The van der Waals surface area contributed by atoms with Crippen LogP contribution in [-0.4, -0.2) is 11.5 Å². The summed E-state index contributed by atoms with van der Waals surface area (Å²) in [5.41, 5.74) is 1.22. The van der Waals surface area contributed by atoms with Gasteiger partial charge in [-0.15, -0.1) is 11.8 Å².